The summed E-state index contributed by atoms with van der Waals surface area (Å²) in [6, 6.07) is 12.1. The summed E-state index contributed by atoms with van der Waals surface area (Å²) in [7, 11) is 1.54. The number of benzene rings is 2. The van der Waals surface area contributed by atoms with E-state index in [1.54, 1.807) is 31.7 Å². The van der Waals surface area contributed by atoms with E-state index in [-0.39, 0.29) is 38.0 Å². The molecule has 2 aliphatic rings. The molecule has 2 heterocycles. The molecule has 0 fully saturated rings. The molecule has 1 atom stereocenters. The molecule has 41 heavy (non-hydrogen) atoms. The third kappa shape index (κ3) is 7.06. The SMILES string of the molecule is COc1c(C2=CCN(C(=O)OCc3ccccc3)CC2)ccc2c1CN(C(CCC(=O)OC(C)(C)C)C(N)=O)C2=O. The van der Waals surface area contributed by atoms with E-state index in [0.717, 1.165) is 16.7 Å². The Morgan fingerprint density at radius 3 is 2.37 bits per heavy atom. The molecule has 10 heteroatoms. The molecule has 2 aromatic rings. The highest BCUT2D eigenvalue weighted by Crippen LogP contribution is 2.39. The van der Waals surface area contributed by atoms with Gasteiger partial charge in [-0.1, -0.05) is 42.5 Å². The lowest BCUT2D eigenvalue weighted by Gasteiger charge is -2.27. The lowest BCUT2D eigenvalue weighted by Crippen LogP contribution is -2.45. The number of ether oxygens (including phenoxy) is 3. The minimum atomic E-state index is -0.972. The number of carbonyl (C=O) groups excluding carboxylic acids is 4. The summed E-state index contributed by atoms with van der Waals surface area (Å²) in [6.45, 7) is 6.47. The van der Waals surface area contributed by atoms with E-state index in [1.807, 2.05) is 42.5 Å². The van der Waals surface area contributed by atoms with Gasteiger partial charge in [-0.2, -0.15) is 0 Å². The van der Waals surface area contributed by atoms with E-state index in [9.17, 15) is 19.2 Å². The van der Waals surface area contributed by atoms with Crippen LogP contribution in [-0.4, -0.2) is 65.5 Å². The summed E-state index contributed by atoms with van der Waals surface area (Å²) >= 11 is 0. The zero-order chi connectivity index (χ0) is 29.7. The van der Waals surface area contributed by atoms with Gasteiger partial charge in [0.1, 0.15) is 24.0 Å². The molecule has 2 N–H and O–H groups in total. The third-order valence-corrected chi connectivity index (χ3v) is 7.05. The number of hydrogen-bond donors (Lipinski definition) is 1. The summed E-state index contributed by atoms with van der Waals surface area (Å²) in [5.41, 5.74) is 8.82. The summed E-state index contributed by atoms with van der Waals surface area (Å²) in [5, 5.41) is 0. The van der Waals surface area contributed by atoms with Crippen molar-refractivity contribution in [1.29, 1.82) is 0 Å². The highest BCUT2D eigenvalue weighted by atomic mass is 16.6. The van der Waals surface area contributed by atoms with Gasteiger partial charge in [0.2, 0.25) is 5.91 Å². The maximum absolute atomic E-state index is 13.3. The van der Waals surface area contributed by atoms with Crippen molar-refractivity contribution in [2.24, 2.45) is 5.73 Å². The second kappa shape index (κ2) is 12.4. The fourth-order valence-corrected chi connectivity index (χ4v) is 5.11. The number of fused-ring (bicyclic) bond motifs is 1. The number of rotatable bonds is 9. The van der Waals surface area contributed by atoms with Gasteiger partial charge >= 0.3 is 12.1 Å². The molecule has 0 saturated carbocycles. The van der Waals surface area contributed by atoms with Gasteiger partial charge in [0, 0.05) is 36.2 Å². The van der Waals surface area contributed by atoms with Crippen LogP contribution >= 0.6 is 0 Å². The van der Waals surface area contributed by atoms with E-state index < -0.39 is 23.5 Å². The Kier molecular flexibility index (Phi) is 9.00. The molecule has 0 radical (unpaired) electrons. The van der Waals surface area contributed by atoms with Crippen LogP contribution in [0.1, 0.15) is 67.1 Å². The molecule has 0 bridgehead atoms. The van der Waals surface area contributed by atoms with Crippen LogP contribution in [0.2, 0.25) is 0 Å². The smallest absolute Gasteiger partial charge is 0.410 e. The van der Waals surface area contributed by atoms with Crippen molar-refractivity contribution in [3.05, 3.63) is 70.8 Å². The number of nitrogens with two attached hydrogens (primary N) is 1. The van der Waals surface area contributed by atoms with Gasteiger partial charge < -0.3 is 29.7 Å². The molecule has 0 spiro atoms. The highest BCUT2D eigenvalue weighted by Gasteiger charge is 2.38. The van der Waals surface area contributed by atoms with Crippen molar-refractivity contribution >= 4 is 29.5 Å². The maximum atomic E-state index is 13.3. The van der Waals surface area contributed by atoms with E-state index >= 15 is 0 Å². The first-order valence-corrected chi connectivity index (χ1v) is 13.7. The fourth-order valence-electron chi connectivity index (χ4n) is 5.11. The molecule has 10 nitrogen and oxygen atoms in total. The molecule has 0 aliphatic carbocycles. The van der Waals surface area contributed by atoms with Gasteiger partial charge in [0.25, 0.3) is 5.91 Å². The summed E-state index contributed by atoms with van der Waals surface area (Å²) in [5.74, 6) is -0.957. The molecule has 3 amide bonds. The number of esters is 1. The predicted molar refractivity (Wildman–Crippen MR) is 152 cm³/mol. The molecule has 4 rings (SSSR count). The number of hydrogen-bond acceptors (Lipinski definition) is 7. The van der Waals surface area contributed by atoms with Crippen LogP contribution in [0.3, 0.4) is 0 Å². The topological polar surface area (TPSA) is 128 Å². The number of methoxy groups -OCH3 is 1. The van der Waals surface area contributed by atoms with Crippen molar-refractivity contribution in [2.45, 2.75) is 64.8 Å². The molecule has 2 aromatic carbocycles. The minimum absolute atomic E-state index is 0.0510. The van der Waals surface area contributed by atoms with Gasteiger partial charge in [0.05, 0.1) is 13.7 Å². The van der Waals surface area contributed by atoms with Crippen LogP contribution in [0.5, 0.6) is 5.75 Å². The van der Waals surface area contributed by atoms with Crippen LogP contribution in [0.15, 0.2) is 48.5 Å². The number of amides is 3. The van der Waals surface area contributed by atoms with Gasteiger partial charge in [0.15, 0.2) is 0 Å². The molecule has 2 aliphatic heterocycles. The van der Waals surface area contributed by atoms with Crippen molar-refractivity contribution in [2.75, 3.05) is 20.2 Å². The molecular formula is C31H37N3O7. The van der Waals surface area contributed by atoms with E-state index in [1.165, 1.54) is 12.0 Å². The van der Waals surface area contributed by atoms with Gasteiger partial charge in [-0.25, -0.2) is 4.79 Å². The second-order valence-electron chi connectivity index (χ2n) is 11.1. The van der Waals surface area contributed by atoms with Crippen molar-refractivity contribution in [3.63, 3.8) is 0 Å². The van der Waals surface area contributed by atoms with Crippen LogP contribution in [0.4, 0.5) is 4.79 Å². The molecule has 0 saturated heterocycles. The van der Waals surface area contributed by atoms with Crippen molar-refractivity contribution in [3.8, 4) is 5.75 Å². The second-order valence-corrected chi connectivity index (χ2v) is 11.1. The lowest BCUT2D eigenvalue weighted by atomic mass is 9.94. The zero-order valence-corrected chi connectivity index (χ0v) is 24.0. The van der Waals surface area contributed by atoms with Crippen LogP contribution in [0.25, 0.3) is 5.57 Å². The monoisotopic (exact) mass is 563 g/mol. The summed E-state index contributed by atoms with van der Waals surface area (Å²) < 4.78 is 16.6. The Morgan fingerprint density at radius 2 is 1.76 bits per heavy atom. The number of primary amides is 1. The summed E-state index contributed by atoms with van der Waals surface area (Å²) in [6.07, 6.45) is 2.16. The number of nitrogens with zero attached hydrogens (tertiary/aromatic N) is 2. The van der Waals surface area contributed by atoms with E-state index in [2.05, 4.69) is 0 Å². The molecular weight excluding hydrogens is 526 g/mol. The Balaban J connectivity index is 1.45. The first-order chi connectivity index (χ1) is 19.5. The Hall–Kier alpha value is -4.34. The van der Waals surface area contributed by atoms with Crippen LogP contribution < -0.4 is 10.5 Å². The predicted octanol–water partition coefficient (Wildman–Crippen LogP) is 4.05. The van der Waals surface area contributed by atoms with Crippen molar-refractivity contribution < 1.29 is 33.4 Å². The van der Waals surface area contributed by atoms with Gasteiger partial charge in [-0.3, -0.25) is 14.4 Å². The van der Waals surface area contributed by atoms with Gasteiger partial charge in [-0.15, -0.1) is 0 Å². The average Bonchev–Trinajstić information content (AvgIpc) is 3.26. The maximum Gasteiger partial charge on any atom is 0.410 e. The Bertz CT molecular complexity index is 1350. The van der Waals surface area contributed by atoms with Crippen molar-refractivity contribution in [1.82, 2.24) is 9.80 Å². The fraction of sp³-hybridized carbons (Fsp3) is 0.419. The normalized spacial score (nSPS) is 15.6. The number of carbonyl (C=O) groups is 4. The Labute approximate surface area is 240 Å². The first kappa shape index (κ1) is 29.6. The molecule has 1 unspecified atom stereocenters. The quantitative estimate of drug-likeness (QED) is 0.456. The van der Waals surface area contributed by atoms with Crippen LogP contribution in [0, 0.1) is 0 Å². The zero-order valence-electron chi connectivity index (χ0n) is 24.0. The Morgan fingerprint density at radius 1 is 1.05 bits per heavy atom. The molecule has 0 aromatic heterocycles. The summed E-state index contributed by atoms with van der Waals surface area (Å²) in [4.78, 5) is 53.6. The standard InChI is InChI=1S/C31H37N3O7/c1-31(2,3)41-26(35)13-12-25(28(32)36)34-18-24-23(29(34)37)11-10-22(27(24)39-4)21-14-16-33(17-15-21)30(38)40-19-20-8-6-5-7-9-20/h5-11,14,25H,12-13,15-19H2,1-4H3,(H2,32,36). The highest BCUT2D eigenvalue weighted by molar-refractivity contribution is 6.02. The third-order valence-electron chi connectivity index (χ3n) is 7.05. The largest absolute Gasteiger partial charge is 0.496 e. The lowest BCUT2D eigenvalue weighted by molar-refractivity contribution is -0.155. The van der Waals surface area contributed by atoms with Gasteiger partial charge in [-0.05, 0) is 50.8 Å². The van der Waals surface area contributed by atoms with E-state index in [0.29, 0.717) is 36.4 Å². The first-order valence-electron chi connectivity index (χ1n) is 13.7. The van der Waals surface area contributed by atoms with Crippen LogP contribution in [-0.2, 0) is 32.2 Å². The minimum Gasteiger partial charge on any atom is -0.496 e. The average molecular weight is 564 g/mol. The molecule has 218 valence electrons. The van der Waals surface area contributed by atoms with E-state index in [4.69, 9.17) is 19.9 Å².